The third kappa shape index (κ3) is 4.12. The molecule has 1 aromatic carbocycles. The number of hydrogen-bond acceptors (Lipinski definition) is 4. The summed E-state index contributed by atoms with van der Waals surface area (Å²) in [4.78, 5) is 11.1. The molecule has 1 aliphatic heterocycles. The normalized spacial score (nSPS) is 17.8. The van der Waals surface area contributed by atoms with Crippen molar-refractivity contribution in [3.8, 4) is 11.3 Å². The second kappa shape index (κ2) is 7.30. The van der Waals surface area contributed by atoms with Gasteiger partial charge >= 0.3 is 0 Å². The minimum atomic E-state index is 0.249. The fraction of sp³-hybridized carbons (Fsp3) is 0.444. The van der Waals surface area contributed by atoms with Gasteiger partial charge in [-0.05, 0) is 13.8 Å². The van der Waals surface area contributed by atoms with Gasteiger partial charge in [0.25, 0.3) is 0 Å². The quantitative estimate of drug-likeness (QED) is 0.684. The lowest BCUT2D eigenvalue weighted by molar-refractivity contribution is 0.372. The van der Waals surface area contributed by atoms with Gasteiger partial charge in [-0.3, -0.25) is 4.99 Å². The van der Waals surface area contributed by atoms with Gasteiger partial charge in [-0.15, -0.1) is 0 Å². The molecule has 2 heterocycles. The van der Waals surface area contributed by atoms with E-state index in [4.69, 9.17) is 4.42 Å². The topological polar surface area (TPSA) is 53.7 Å². The van der Waals surface area contributed by atoms with E-state index in [0.717, 1.165) is 36.1 Å². The second-order valence-corrected chi connectivity index (χ2v) is 8.22. The summed E-state index contributed by atoms with van der Waals surface area (Å²) >= 11 is 2.01. The molecule has 0 atom stereocenters. The van der Waals surface area contributed by atoms with E-state index in [2.05, 4.69) is 34.0 Å². The van der Waals surface area contributed by atoms with Crippen LogP contribution in [-0.4, -0.2) is 46.5 Å². The Bertz CT molecular complexity index is 696. The van der Waals surface area contributed by atoms with Gasteiger partial charge in [0.05, 0.1) is 12.7 Å². The number of thioether (sulfide) groups is 1. The molecule has 0 amide bonds. The number of hydrogen-bond donors (Lipinski definition) is 1. The van der Waals surface area contributed by atoms with Crippen molar-refractivity contribution < 1.29 is 4.42 Å². The van der Waals surface area contributed by atoms with Crippen LogP contribution in [0.4, 0.5) is 0 Å². The number of aromatic nitrogens is 1. The highest BCUT2D eigenvalue weighted by Crippen LogP contribution is 2.29. The van der Waals surface area contributed by atoms with E-state index in [1.54, 1.807) is 6.20 Å². The maximum absolute atomic E-state index is 5.84. The molecular weight excluding hydrogens is 320 g/mol. The minimum Gasteiger partial charge on any atom is -0.439 e. The van der Waals surface area contributed by atoms with Crippen LogP contribution in [0.3, 0.4) is 0 Å². The van der Waals surface area contributed by atoms with Gasteiger partial charge < -0.3 is 14.6 Å². The molecule has 0 unspecified atom stereocenters. The van der Waals surface area contributed by atoms with Crippen LogP contribution in [-0.2, 0) is 6.54 Å². The van der Waals surface area contributed by atoms with Crippen molar-refractivity contribution in [2.45, 2.75) is 25.1 Å². The molecule has 1 aromatic heterocycles. The summed E-state index contributed by atoms with van der Waals surface area (Å²) in [5, 5.41) is 3.37. The predicted molar refractivity (Wildman–Crippen MR) is 100 cm³/mol. The molecule has 0 spiro atoms. The maximum Gasteiger partial charge on any atom is 0.214 e. The lowest BCUT2D eigenvalue weighted by Gasteiger charge is -2.39. The Kier molecular flexibility index (Phi) is 5.14. The first-order chi connectivity index (χ1) is 11.6. The van der Waals surface area contributed by atoms with Crippen LogP contribution in [0.2, 0.25) is 0 Å². The third-order valence-electron chi connectivity index (χ3n) is 3.95. The standard InChI is InChI=1S/C18H24N4OS/c1-18(2)13-22(9-10-24-18)17(19-3)21-12-16-20-11-15(23-16)14-7-5-4-6-8-14/h4-8,11H,9-10,12-13H2,1-3H3,(H,19,21). The zero-order chi connectivity index (χ0) is 17.0. The van der Waals surface area contributed by atoms with Crippen LogP contribution in [0.5, 0.6) is 0 Å². The lowest BCUT2D eigenvalue weighted by atomic mass is 10.2. The van der Waals surface area contributed by atoms with Crippen LogP contribution < -0.4 is 5.32 Å². The number of rotatable bonds is 3. The van der Waals surface area contributed by atoms with Crippen LogP contribution in [0.25, 0.3) is 11.3 Å². The van der Waals surface area contributed by atoms with Gasteiger partial charge in [-0.2, -0.15) is 11.8 Å². The van der Waals surface area contributed by atoms with Crippen molar-refractivity contribution >= 4 is 17.7 Å². The summed E-state index contributed by atoms with van der Waals surface area (Å²) in [7, 11) is 1.82. The first kappa shape index (κ1) is 16.9. The largest absolute Gasteiger partial charge is 0.439 e. The summed E-state index contributed by atoms with van der Waals surface area (Å²) in [5.41, 5.74) is 1.04. The van der Waals surface area contributed by atoms with E-state index in [9.17, 15) is 0 Å². The maximum atomic E-state index is 5.84. The van der Waals surface area contributed by atoms with E-state index in [1.807, 2.05) is 49.1 Å². The second-order valence-electron chi connectivity index (χ2n) is 6.41. The van der Waals surface area contributed by atoms with E-state index >= 15 is 0 Å². The Balaban J connectivity index is 1.61. The Labute approximate surface area is 147 Å². The average Bonchev–Trinajstić information content (AvgIpc) is 3.04. The van der Waals surface area contributed by atoms with Crippen molar-refractivity contribution in [3.05, 3.63) is 42.4 Å². The minimum absolute atomic E-state index is 0.249. The summed E-state index contributed by atoms with van der Waals surface area (Å²) < 4.78 is 6.09. The molecule has 1 N–H and O–H groups in total. The van der Waals surface area contributed by atoms with Gasteiger partial charge in [0, 0.05) is 36.2 Å². The molecule has 5 nitrogen and oxygen atoms in total. The van der Waals surface area contributed by atoms with Crippen LogP contribution in [0.15, 0.2) is 45.9 Å². The summed E-state index contributed by atoms with van der Waals surface area (Å²) in [6.45, 7) is 7.07. The van der Waals surface area contributed by atoms with E-state index in [0.29, 0.717) is 12.4 Å². The summed E-state index contributed by atoms with van der Waals surface area (Å²) in [6, 6.07) is 10.0. The number of oxazole rings is 1. The molecule has 1 aliphatic rings. The average molecular weight is 344 g/mol. The van der Waals surface area contributed by atoms with Crippen molar-refractivity contribution in [1.29, 1.82) is 0 Å². The molecule has 6 heteroatoms. The number of aliphatic imine (C=N–C) groups is 1. The molecule has 24 heavy (non-hydrogen) atoms. The fourth-order valence-corrected chi connectivity index (χ4v) is 3.92. The van der Waals surface area contributed by atoms with Gasteiger partial charge in [0.2, 0.25) is 5.89 Å². The zero-order valence-corrected chi connectivity index (χ0v) is 15.3. The van der Waals surface area contributed by atoms with Crippen LogP contribution in [0, 0.1) is 0 Å². The fourth-order valence-electron chi connectivity index (χ4n) is 2.81. The number of nitrogens with one attached hydrogen (secondary N) is 1. The highest BCUT2D eigenvalue weighted by Gasteiger charge is 2.28. The molecule has 1 saturated heterocycles. The number of nitrogens with zero attached hydrogens (tertiary/aromatic N) is 3. The molecule has 2 aromatic rings. The molecule has 0 saturated carbocycles. The molecule has 0 bridgehead atoms. The molecule has 0 radical (unpaired) electrons. The Morgan fingerprint density at radius 3 is 2.88 bits per heavy atom. The van der Waals surface area contributed by atoms with Crippen LogP contribution in [0.1, 0.15) is 19.7 Å². The first-order valence-electron chi connectivity index (χ1n) is 8.17. The highest BCUT2D eigenvalue weighted by molar-refractivity contribution is 8.00. The van der Waals surface area contributed by atoms with Gasteiger partial charge in [0.15, 0.2) is 11.7 Å². The van der Waals surface area contributed by atoms with Gasteiger partial charge in [0.1, 0.15) is 0 Å². The first-order valence-corrected chi connectivity index (χ1v) is 9.16. The molecule has 1 fully saturated rings. The lowest BCUT2D eigenvalue weighted by Crippen LogP contribution is -2.50. The van der Waals surface area contributed by atoms with Gasteiger partial charge in [-0.1, -0.05) is 30.3 Å². The smallest absolute Gasteiger partial charge is 0.214 e. The van der Waals surface area contributed by atoms with Crippen molar-refractivity contribution in [2.75, 3.05) is 25.9 Å². The molecular formula is C18H24N4OS. The van der Waals surface area contributed by atoms with Crippen LogP contribution >= 0.6 is 11.8 Å². The van der Waals surface area contributed by atoms with E-state index in [1.165, 1.54) is 0 Å². The third-order valence-corrected chi connectivity index (χ3v) is 5.24. The molecule has 128 valence electrons. The summed E-state index contributed by atoms with van der Waals surface area (Å²) in [6.07, 6.45) is 1.77. The monoisotopic (exact) mass is 344 g/mol. The van der Waals surface area contributed by atoms with E-state index in [-0.39, 0.29) is 4.75 Å². The van der Waals surface area contributed by atoms with Crippen molar-refractivity contribution in [3.63, 3.8) is 0 Å². The Morgan fingerprint density at radius 2 is 2.17 bits per heavy atom. The SMILES string of the molecule is CN=C(NCc1ncc(-c2ccccc2)o1)N1CCSC(C)(C)C1. The molecule has 0 aliphatic carbocycles. The van der Waals surface area contributed by atoms with E-state index < -0.39 is 0 Å². The number of guanidine groups is 1. The Hall–Kier alpha value is -1.95. The Morgan fingerprint density at radius 1 is 1.38 bits per heavy atom. The van der Waals surface area contributed by atoms with Gasteiger partial charge in [-0.25, -0.2) is 4.98 Å². The molecule has 3 rings (SSSR count). The van der Waals surface area contributed by atoms with Crippen molar-refractivity contribution in [2.24, 2.45) is 4.99 Å². The number of benzene rings is 1. The van der Waals surface area contributed by atoms with Crippen molar-refractivity contribution in [1.82, 2.24) is 15.2 Å². The zero-order valence-electron chi connectivity index (χ0n) is 14.5. The summed E-state index contributed by atoms with van der Waals surface area (Å²) in [5.74, 6) is 3.48. The highest BCUT2D eigenvalue weighted by atomic mass is 32.2. The predicted octanol–water partition coefficient (Wildman–Crippen LogP) is 3.24.